The fourth-order valence-electron chi connectivity index (χ4n) is 4.99. The molecule has 3 saturated heterocycles. The number of halogens is 1. The van der Waals surface area contributed by atoms with E-state index in [2.05, 4.69) is 51.0 Å². The van der Waals surface area contributed by atoms with E-state index in [1.807, 2.05) is 62.3 Å². The molecule has 0 atom stereocenters. The molecule has 3 aliphatic rings. The van der Waals surface area contributed by atoms with E-state index >= 15 is 0 Å². The smallest absolute Gasteiger partial charge is 0.410 e. The Morgan fingerprint density at radius 2 is 0.962 bits per heavy atom. The Morgan fingerprint density at radius 3 is 1.31 bits per heavy atom. The number of nitrogens with zero attached hydrogens (tertiary/aromatic N) is 9. The number of piperazine rings is 3. The van der Waals surface area contributed by atoms with Gasteiger partial charge in [0.25, 0.3) is 0 Å². The van der Waals surface area contributed by atoms with Crippen LogP contribution in [0.5, 0.6) is 0 Å². The maximum absolute atomic E-state index is 12.0. The predicted molar refractivity (Wildman–Crippen MR) is 202 cm³/mol. The van der Waals surface area contributed by atoms with Gasteiger partial charge in [-0.15, -0.1) is 0 Å². The Labute approximate surface area is 316 Å². The minimum atomic E-state index is -0.453. The summed E-state index contributed by atoms with van der Waals surface area (Å²) in [6.45, 7) is 25.6. The van der Waals surface area contributed by atoms with Crippen molar-refractivity contribution >= 4 is 45.8 Å². The van der Waals surface area contributed by atoms with Gasteiger partial charge in [0, 0.05) is 90.9 Å². The molecule has 16 nitrogen and oxygen atoms in total. The molecule has 2 aromatic heterocycles. The molecular weight excluding hydrogens is 736 g/mol. The van der Waals surface area contributed by atoms with E-state index in [0.717, 1.165) is 64.0 Å². The zero-order chi connectivity index (χ0) is 38.5. The fraction of sp³-hybridized carbons (Fsp3) is 0.686. The summed E-state index contributed by atoms with van der Waals surface area (Å²) < 4.78 is 16.7. The van der Waals surface area contributed by atoms with E-state index in [1.54, 1.807) is 45.7 Å². The average Bonchev–Trinajstić information content (AvgIpc) is 3.08. The van der Waals surface area contributed by atoms with Crippen LogP contribution in [-0.4, -0.2) is 148 Å². The summed E-state index contributed by atoms with van der Waals surface area (Å²) in [6, 6.07) is 0. The minimum absolute atomic E-state index is 0.200. The van der Waals surface area contributed by atoms with Crippen LogP contribution in [0.1, 0.15) is 62.3 Å². The first-order valence-corrected chi connectivity index (χ1v) is 18.5. The van der Waals surface area contributed by atoms with E-state index < -0.39 is 11.2 Å². The third-order valence-electron chi connectivity index (χ3n) is 7.44. The van der Waals surface area contributed by atoms with Crippen molar-refractivity contribution in [3.05, 3.63) is 35.6 Å². The van der Waals surface area contributed by atoms with Gasteiger partial charge >= 0.3 is 18.3 Å². The number of nitrogens with one attached hydrogen (secondary N) is 1. The highest BCUT2D eigenvalue weighted by Crippen LogP contribution is 2.17. The van der Waals surface area contributed by atoms with Crippen LogP contribution in [0.2, 0.25) is 0 Å². The minimum Gasteiger partial charge on any atom is -0.444 e. The van der Waals surface area contributed by atoms with E-state index in [1.165, 1.54) is 0 Å². The number of amides is 3. The van der Waals surface area contributed by atoms with E-state index in [9.17, 15) is 14.4 Å². The number of carbonyl (C=O) groups excluding carboxylic acids is 3. The van der Waals surface area contributed by atoms with Gasteiger partial charge in [-0.25, -0.2) is 29.3 Å². The molecule has 3 aliphatic heterocycles. The van der Waals surface area contributed by atoms with Crippen LogP contribution in [0, 0.1) is 0 Å². The summed E-state index contributed by atoms with van der Waals surface area (Å²) in [5.74, 6) is 1.68. The number of hydrogen-bond donors (Lipinski definition) is 1. The van der Waals surface area contributed by atoms with Crippen LogP contribution >= 0.6 is 15.9 Å². The summed E-state index contributed by atoms with van der Waals surface area (Å²) in [6.07, 6.45) is 7.78. The quantitative estimate of drug-likeness (QED) is 0.419. The molecule has 5 rings (SSSR count). The maximum Gasteiger partial charge on any atom is 0.410 e. The second kappa shape index (κ2) is 19.2. The molecule has 0 radical (unpaired) electrons. The van der Waals surface area contributed by atoms with Crippen LogP contribution < -0.4 is 15.1 Å². The van der Waals surface area contributed by atoms with Crippen molar-refractivity contribution in [1.82, 2.24) is 40.0 Å². The standard InChI is InChI=1S/C13H19BrN4O2.C13H20N4O2.C9H18N2O2/c1-13(2,3)20-12(19)18-6-4-17(5-7-18)11-9-15-10(14)8-16-11;1-13(2,3)19-12(18)17-8-6-16(7-9-17)11-10-14-4-5-15-11;1-9(2,3)13-8(12)11-6-4-10-5-7-11/h8-9H,4-7H2,1-3H3;4-5,10H,6-9H2,1-3H3;10H,4-7H2,1-3H3. The number of rotatable bonds is 2. The van der Waals surface area contributed by atoms with Crippen molar-refractivity contribution in [3.63, 3.8) is 0 Å². The fourth-order valence-corrected chi connectivity index (χ4v) is 5.19. The highest BCUT2D eigenvalue weighted by Gasteiger charge is 2.28. The third-order valence-corrected chi connectivity index (χ3v) is 7.85. The first-order chi connectivity index (χ1) is 24.3. The molecule has 0 saturated carbocycles. The highest BCUT2D eigenvalue weighted by atomic mass is 79.9. The molecule has 52 heavy (non-hydrogen) atoms. The number of carbonyl (C=O) groups is 3. The van der Waals surface area contributed by atoms with Crippen molar-refractivity contribution in [2.75, 3.05) is 88.3 Å². The second-order valence-corrected chi connectivity index (χ2v) is 16.2. The Hall–Kier alpha value is -3.99. The normalized spacial score (nSPS) is 16.8. The molecule has 290 valence electrons. The maximum atomic E-state index is 12.0. The number of aromatic nitrogens is 4. The molecule has 17 heteroatoms. The summed E-state index contributed by atoms with van der Waals surface area (Å²) in [5, 5.41) is 3.18. The Kier molecular flexibility index (Phi) is 15.7. The van der Waals surface area contributed by atoms with Crippen LogP contribution in [0.4, 0.5) is 26.0 Å². The zero-order valence-electron chi connectivity index (χ0n) is 32.2. The van der Waals surface area contributed by atoms with Crippen LogP contribution in [-0.2, 0) is 14.2 Å². The van der Waals surface area contributed by atoms with Crippen molar-refractivity contribution in [2.45, 2.75) is 79.1 Å². The lowest BCUT2D eigenvalue weighted by Gasteiger charge is -2.35. The van der Waals surface area contributed by atoms with Crippen molar-refractivity contribution in [1.29, 1.82) is 0 Å². The van der Waals surface area contributed by atoms with Gasteiger partial charge < -0.3 is 44.0 Å². The van der Waals surface area contributed by atoms with Crippen LogP contribution in [0.15, 0.2) is 35.6 Å². The van der Waals surface area contributed by atoms with Gasteiger partial charge in [0.15, 0.2) is 0 Å². The zero-order valence-corrected chi connectivity index (χ0v) is 33.8. The van der Waals surface area contributed by atoms with Crippen molar-refractivity contribution in [3.8, 4) is 0 Å². The SMILES string of the molecule is CC(C)(C)OC(=O)N1CCN(c2cnc(Br)cn2)CC1.CC(C)(C)OC(=O)N1CCN(c2cnccn2)CC1.CC(C)(C)OC(=O)N1CCNCC1. The van der Waals surface area contributed by atoms with E-state index in [4.69, 9.17) is 14.2 Å². The molecule has 0 spiro atoms. The summed E-state index contributed by atoms with van der Waals surface area (Å²) >= 11 is 3.26. The summed E-state index contributed by atoms with van der Waals surface area (Å²) in [7, 11) is 0. The first-order valence-electron chi connectivity index (χ1n) is 17.7. The molecule has 2 aromatic rings. The number of anilines is 2. The van der Waals surface area contributed by atoms with Gasteiger partial charge in [0.05, 0.1) is 18.6 Å². The largest absolute Gasteiger partial charge is 0.444 e. The molecule has 0 aliphatic carbocycles. The molecule has 1 N–H and O–H groups in total. The third kappa shape index (κ3) is 15.7. The summed E-state index contributed by atoms with van der Waals surface area (Å²) in [5.41, 5.74) is -1.29. The molecule has 3 amide bonds. The van der Waals surface area contributed by atoms with Gasteiger partial charge in [0.2, 0.25) is 0 Å². The van der Waals surface area contributed by atoms with Crippen molar-refractivity contribution in [2.24, 2.45) is 0 Å². The monoisotopic (exact) mass is 792 g/mol. The van der Waals surface area contributed by atoms with Gasteiger partial charge in [-0.1, -0.05) is 0 Å². The Morgan fingerprint density at radius 1 is 0.558 bits per heavy atom. The Bertz CT molecular complexity index is 1390. The molecule has 0 aromatic carbocycles. The van der Waals surface area contributed by atoms with Gasteiger partial charge in [0.1, 0.15) is 33.0 Å². The molecule has 0 bridgehead atoms. The first kappa shape index (κ1) is 42.4. The lowest BCUT2D eigenvalue weighted by Crippen LogP contribution is -2.50. The lowest BCUT2D eigenvalue weighted by atomic mass is 10.2. The Balaban J connectivity index is 0.000000215. The van der Waals surface area contributed by atoms with Crippen LogP contribution in [0.25, 0.3) is 0 Å². The average molecular weight is 794 g/mol. The van der Waals surface area contributed by atoms with Gasteiger partial charge in [-0.05, 0) is 78.2 Å². The van der Waals surface area contributed by atoms with Crippen LogP contribution in [0.3, 0.4) is 0 Å². The molecule has 3 fully saturated rings. The summed E-state index contributed by atoms with van der Waals surface area (Å²) in [4.78, 5) is 61.6. The molecule has 5 heterocycles. The second-order valence-electron chi connectivity index (χ2n) is 15.4. The van der Waals surface area contributed by atoms with E-state index in [-0.39, 0.29) is 23.9 Å². The van der Waals surface area contributed by atoms with Gasteiger partial charge in [-0.3, -0.25) is 4.98 Å². The number of hydrogen-bond acceptors (Lipinski definition) is 13. The van der Waals surface area contributed by atoms with E-state index in [0.29, 0.717) is 30.8 Å². The van der Waals surface area contributed by atoms with Crippen molar-refractivity contribution < 1.29 is 28.6 Å². The predicted octanol–water partition coefficient (Wildman–Crippen LogP) is 4.66. The topological polar surface area (TPSA) is 159 Å². The molecular formula is C35H57BrN10O6. The molecule has 0 unspecified atom stereocenters. The number of ether oxygens (including phenoxy) is 3. The highest BCUT2D eigenvalue weighted by molar-refractivity contribution is 9.10. The lowest BCUT2D eigenvalue weighted by molar-refractivity contribution is 0.0221. The van der Waals surface area contributed by atoms with Gasteiger partial charge in [-0.2, -0.15) is 0 Å².